The lowest BCUT2D eigenvalue weighted by atomic mass is 9.96. The number of aryl methyl sites for hydroxylation is 1. The molecule has 0 fully saturated rings. The van der Waals surface area contributed by atoms with Crippen LogP contribution in [0.4, 0.5) is 0 Å². The lowest BCUT2D eigenvalue weighted by Gasteiger charge is -2.10. The van der Waals surface area contributed by atoms with Crippen molar-refractivity contribution in [3.63, 3.8) is 0 Å². The average Bonchev–Trinajstić information content (AvgIpc) is 2.84. The number of amides is 1. The molecule has 6 nitrogen and oxygen atoms in total. The largest absolute Gasteiger partial charge is 0.393 e. The quantitative estimate of drug-likeness (QED) is 0.793. The highest BCUT2D eigenvalue weighted by Gasteiger charge is 2.21. The standard InChI is InChI=1S/C14H25N3O3/c1-5-10(18)8-9-15-11(19)6-7-12-16-13(17-20-12)14(2,3)4/h10,18H,5-9H2,1-4H3,(H,15,19). The predicted molar refractivity (Wildman–Crippen MR) is 75.2 cm³/mol. The molecule has 0 saturated carbocycles. The number of nitrogens with one attached hydrogen (secondary N) is 1. The molecule has 0 spiro atoms. The van der Waals surface area contributed by atoms with Crippen LogP contribution in [0.15, 0.2) is 4.52 Å². The van der Waals surface area contributed by atoms with Crippen molar-refractivity contribution in [2.75, 3.05) is 6.54 Å². The number of hydrogen-bond donors (Lipinski definition) is 2. The molecular weight excluding hydrogens is 258 g/mol. The molecule has 1 aromatic rings. The maximum atomic E-state index is 11.6. The van der Waals surface area contributed by atoms with Crippen LogP contribution in [0.1, 0.15) is 58.7 Å². The maximum absolute atomic E-state index is 11.6. The smallest absolute Gasteiger partial charge is 0.227 e. The fourth-order valence-electron chi connectivity index (χ4n) is 1.55. The predicted octanol–water partition coefficient (Wildman–Crippen LogP) is 1.58. The summed E-state index contributed by atoms with van der Waals surface area (Å²) in [4.78, 5) is 15.9. The van der Waals surface area contributed by atoms with E-state index in [-0.39, 0.29) is 17.4 Å². The molecule has 0 bridgehead atoms. The van der Waals surface area contributed by atoms with Gasteiger partial charge in [0.1, 0.15) is 0 Å². The van der Waals surface area contributed by atoms with Crippen LogP contribution in [-0.4, -0.2) is 33.8 Å². The van der Waals surface area contributed by atoms with Gasteiger partial charge >= 0.3 is 0 Å². The van der Waals surface area contributed by atoms with Gasteiger partial charge < -0.3 is 14.9 Å². The van der Waals surface area contributed by atoms with Crippen molar-refractivity contribution in [1.82, 2.24) is 15.5 Å². The van der Waals surface area contributed by atoms with Gasteiger partial charge in [-0.05, 0) is 12.8 Å². The number of hydrogen-bond acceptors (Lipinski definition) is 5. The van der Waals surface area contributed by atoms with Gasteiger partial charge in [0.15, 0.2) is 5.82 Å². The van der Waals surface area contributed by atoms with Crippen LogP contribution >= 0.6 is 0 Å². The molecular formula is C14H25N3O3. The minimum Gasteiger partial charge on any atom is -0.393 e. The molecule has 1 heterocycles. The number of carbonyl (C=O) groups excluding carboxylic acids is 1. The Balaban J connectivity index is 2.29. The third-order valence-corrected chi connectivity index (χ3v) is 2.98. The molecule has 0 radical (unpaired) electrons. The van der Waals surface area contributed by atoms with Crippen LogP contribution in [0.5, 0.6) is 0 Å². The fourth-order valence-corrected chi connectivity index (χ4v) is 1.55. The van der Waals surface area contributed by atoms with Gasteiger partial charge in [-0.15, -0.1) is 0 Å². The summed E-state index contributed by atoms with van der Waals surface area (Å²) in [5.74, 6) is 1.07. The highest BCUT2D eigenvalue weighted by Crippen LogP contribution is 2.18. The molecule has 1 amide bonds. The molecule has 114 valence electrons. The fraction of sp³-hybridized carbons (Fsp3) is 0.786. The molecule has 20 heavy (non-hydrogen) atoms. The molecule has 2 N–H and O–H groups in total. The molecule has 0 aromatic carbocycles. The Kier molecular flexibility index (Phi) is 6.13. The third-order valence-electron chi connectivity index (χ3n) is 2.98. The Morgan fingerprint density at radius 1 is 1.45 bits per heavy atom. The summed E-state index contributed by atoms with van der Waals surface area (Å²) >= 11 is 0. The van der Waals surface area contributed by atoms with E-state index in [0.717, 1.165) is 0 Å². The molecule has 1 aromatic heterocycles. The summed E-state index contributed by atoms with van der Waals surface area (Å²) in [7, 11) is 0. The van der Waals surface area contributed by atoms with Gasteiger partial charge in [0.2, 0.25) is 11.8 Å². The Hall–Kier alpha value is -1.43. The number of carbonyl (C=O) groups is 1. The van der Waals surface area contributed by atoms with E-state index < -0.39 is 0 Å². The van der Waals surface area contributed by atoms with E-state index in [1.54, 1.807) is 0 Å². The van der Waals surface area contributed by atoms with E-state index >= 15 is 0 Å². The van der Waals surface area contributed by atoms with Gasteiger partial charge in [0, 0.05) is 24.8 Å². The van der Waals surface area contributed by atoms with Crippen molar-refractivity contribution in [3.8, 4) is 0 Å². The number of rotatable bonds is 7. The summed E-state index contributed by atoms with van der Waals surface area (Å²) < 4.78 is 5.12. The number of nitrogens with zero attached hydrogens (tertiary/aromatic N) is 2. The first-order valence-corrected chi connectivity index (χ1v) is 7.10. The Morgan fingerprint density at radius 2 is 2.15 bits per heavy atom. The van der Waals surface area contributed by atoms with Crippen LogP contribution in [0.25, 0.3) is 0 Å². The first-order valence-electron chi connectivity index (χ1n) is 7.10. The zero-order chi connectivity index (χ0) is 15.2. The zero-order valence-corrected chi connectivity index (χ0v) is 12.8. The van der Waals surface area contributed by atoms with Gasteiger partial charge in [0.05, 0.1) is 6.10 Å². The van der Waals surface area contributed by atoms with E-state index in [9.17, 15) is 9.90 Å². The monoisotopic (exact) mass is 283 g/mol. The van der Waals surface area contributed by atoms with E-state index in [4.69, 9.17) is 4.52 Å². The molecule has 1 atom stereocenters. The van der Waals surface area contributed by atoms with Gasteiger partial charge in [-0.3, -0.25) is 4.79 Å². The Morgan fingerprint density at radius 3 is 2.70 bits per heavy atom. The summed E-state index contributed by atoms with van der Waals surface area (Å²) in [6, 6.07) is 0. The first kappa shape index (κ1) is 16.6. The average molecular weight is 283 g/mol. The minimum atomic E-state index is -0.347. The summed E-state index contributed by atoms with van der Waals surface area (Å²) in [5.41, 5.74) is -0.152. The van der Waals surface area contributed by atoms with Gasteiger partial charge in [-0.2, -0.15) is 4.98 Å². The Labute approximate surface area is 120 Å². The Bertz CT molecular complexity index is 424. The van der Waals surface area contributed by atoms with Crippen LogP contribution in [0.3, 0.4) is 0 Å². The van der Waals surface area contributed by atoms with E-state index in [1.165, 1.54) is 0 Å². The summed E-state index contributed by atoms with van der Waals surface area (Å²) in [5, 5.41) is 16.1. The molecule has 1 unspecified atom stereocenters. The van der Waals surface area contributed by atoms with Gasteiger partial charge in [0.25, 0.3) is 0 Å². The van der Waals surface area contributed by atoms with Crippen molar-refractivity contribution in [2.45, 2.75) is 64.9 Å². The van der Waals surface area contributed by atoms with Crippen molar-refractivity contribution in [3.05, 3.63) is 11.7 Å². The van der Waals surface area contributed by atoms with Crippen LogP contribution in [0, 0.1) is 0 Å². The SMILES string of the molecule is CCC(O)CCNC(=O)CCc1nc(C(C)(C)C)no1. The van der Waals surface area contributed by atoms with Gasteiger partial charge in [-0.25, -0.2) is 0 Å². The molecule has 0 aliphatic rings. The van der Waals surface area contributed by atoms with E-state index in [1.807, 2.05) is 27.7 Å². The second-order valence-corrected chi connectivity index (χ2v) is 5.96. The lowest BCUT2D eigenvalue weighted by Crippen LogP contribution is -2.27. The van der Waals surface area contributed by atoms with Crippen molar-refractivity contribution < 1.29 is 14.4 Å². The molecule has 0 aliphatic carbocycles. The van der Waals surface area contributed by atoms with Crippen LogP contribution in [0.2, 0.25) is 0 Å². The molecule has 1 rings (SSSR count). The topological polar surface area (TPSA) is 88.2 Å². The number of aromatic nitrogens is 2. The molecule has 0 aliphatic heterocycles. The second-order valence-electron chi connectivity index (χ2n) is 5.96. The first-order chi connectivity index (χ1) is 9.32. The zero-order valence-electron chi connectivity index (χ0n) is 12.8. The number of aliphatic hydroxyl groups is 1. The van der Waals surface area contributed by atoms with E-state index in [2.05, 4.69) is 15.5 Å². The summed E-state index contributed by atoms with van der Waals surface area (Å²) in [6.07, 6.45) is 1.68. The van der Waals surface area contributed by atoms with Crippen molar-refractivity contribution >= 4 is 5.91 Å². The number of aliphatic hydroxyl groups excluding tert-OH is 1. The lowest BCUT2D eigenvalue weighted by molar-refractivity contribution is -0.121. The highest BCUT2D eigenvalue weighted by molar-refractivity contribution is 5.75. The third kappa shape index (κ3) is 5.69. The van der Waals surface area contributed by atoms with Gasteiger partial charge in [-0.1, -0.05) is 32.9 Å². The normalized spacial score (nSPS) is 13.2. The summed E-state index contributed by atoms with van der Waals surface area (Å²) in [6.45, 7) is 8.42. The van der Waals surface area contributed by atoms with Crippen LogP contribution in [-0.2, 0) is 16.6 Å². The van der Waals surface area contributed by atoms with Crippen molar-refractivity contribution in [2.24, 2.45) is 0 Å². The molecule has 6 heteroatoms. The maximum Gasteiger partial charge on any atom is 0.227 e. The van der Waals surface area contributed by atoms with Crippen LogP contribution < -0.4 is 5.32 Å². The minimum absolute atomic E-state index is 0.0659. The van der Waals surface area contributed by atoms with E-state index in [0.29, 0.717) is 43.9 Å². The highest BCUT2D eigenvalue weighted by atomic mass is 16.5. The second kappa shape index (κ2) is 7.38. The van der Waals surface area contributed by atoms with Crippen molar-refractivity contribution in [1.29, 1.82) is 0 Å². The molecule has 0 saturated heterocycles.